The van der Waals surface area contributed by atoms with E-state index < -0.39 is 5.97 Å². The van der Waals surface area contributed by atoms with E-state index in [4.69, 9.17) is 4.74 Å². The van der Waals surface area contributed by atoms with Gasteiger partial charge in [0.05, 0.1) is 0 Å². The van der Waals surface area contributed by atoms with Crippen LogP contribution in [-0.4, -0.2) is 28.1 Å². The average molecular weight is 605 g/mol. The Morgan fingerprint density at radius 2 is 1.52 bits per heavy atom. The largest absolute Gasteiger partial charge is 0.504 e. The number of carbonyl (C=O) groups excluding carboxylic acids is 2. The summed E-state index contributed by atoms with van der Waals surface area (Å²) in [6.07, 6.45) is 13.8. The van der Waals surface area contributed by atoms with Gasteiger partial charge in [-0.15, -0.1) is 0 Å². The van der Waals surface area contributed by atoms with Crippen LogP contribution in [0.5, 0.6) is 11.5 Å². The van der Waals surface area contributed by atoms with Crippen LogP contribution in [0.15, 0.2) is 24.3 Å². The Morgan fingerprint density at radius 3 is 2.23 bits per heavy atom. The maximum absolute atomic E-state index is 14.7. The van der Waals surface area contributed by atoms with Crippen LogP contribution in [0.3, 0.4) is 0 Å². The highest BCUT2D eigenvalue weighted by Gasteiger charge is 2.73. The third-order valence-corrected chi connectivity index (χ3v) is 15.2. The number of ketones is 1. The quantitative estimate of drug-likeness (QED) is 0.204. The SMILES string of the molecule is CC1C(OC(=O)C=Cc2ccc(O)c(O)c2)CCC2C1(C)CC(=O)C1C2(C)CCC2(C)C3CC(C)(C)CCC3(C)CCC12C. The molecule has 0 aromatic heterocycles. The van der Waals surface area contributed by atoms with Gasteiger partial charge in [-0.05, 0) is 132 Å². The van der Waals surface area contributed by atoms with Gasteiger partial charge in [-0.3, -0.25) is 4.79 Å². The minimum Gasteiger partial charge on any atom is -0.504 e. The smallest absolute Gasteiger partial charge is 0.331 e. The highest BCUT2D eigenvalue weighted by atomic mass is 16.5. The number of benzene rings is 1. The van der Waals surface area contributed by atoms with Gasteiger partial charge in [-0.1, -0.05) is 61.5 Å². The van der Waals surface area contributed by atoms with Crippen molar-refractivity contribution in [3.63, 3.8) is 0 Å². The molecule has 5 fully saturated rings. The Morgan fingerprint density at radius 1 is 0.841 bits per heavy atom. The van der Waals surface area contributed by atoms with Gasteiger partial charge in [0, 0.05) is 18.4 Å². The minimum atomic E-state index is -0.413. The van der Waals surface area contributed by atoms with E-state index in [-0.39, 0.29) is 51.1 Å². The Kier molecular flexibility index (Phi) is 7.27. The predicted molar refractivity (Wildman–Crippen MR) is 174 cm³/mol. The highest BCUT2D eigenvalue weighted by molar-refractivity contribution is 5.87. The second-order valence-corrected chi connectivity index (χ2v) is 18.0. The molecule has 0 radical (unpaired) electrons. The number of phenolic OH excluding ortho intramolecular Hbond substituents is 2. The molecule has 5 aliphatic carbocycles. The van der Waals surface area contributed by atoms with Crippen LogP contribution in [-0.2, 0) is 14.3 Å². The summed E-state index contributed by atoms with van der Waals surface area (Å²) < 4.78 is 6.06. The van der Waals surface area contributed by atoms with Crippen LogP contribution in [0, 0.1) is 56.2 Å². The van der Waals surface area contributed by atoms with E-state index in [2.05, 4.69) is 55.4 Å². The van der Waals surface area contributed by atoms with Crippen LogP contribution in [0.25, 0.3) is 6.08 Å². The average Bonchev–Trinajstić information content (AvgIpc) is 2.94. The summed E-state index contributed by atoms with van der Waals surface area (Å²) >= 11 is 0. The number of fused-ring (bicyclic) bond motifs is 7. The fourth-order valence-corrected chi connectivity index (χ4v) is 12.3. The normalized spacial score (nSPS) is 46.4. The second-order valence-electron chi connectivity index (χ2n) is 18.0. The van der Waals surface area contributed by atoms with Crippen molar-refractivity contribution in [2.75, 3.05) is 0 Å². The van der Waals surface area contributed by atoms with Crippen molar-refractivity contribution in [3.8, 4) is 11.5 Å². The van der Waals surface area contributed by atoms with Crippen LogP contribution >= 0.6 is 0 Å². The molecule has 5 aliphatic rings. The van der Waals surface area contributed by atoms with Crippen molar-refractivity contribution in [1.82, 2.24) is 0 Å². The summed E-state index contributed by atoms with van der Waals surface area (Å²) in [7, 11) is 0. The zero-order chi connectivity index (χ0) is 32.1. The fraction of sp³-hybridized carbons (Fsp3) is 0.744. The van der Waals surface area contributed by atoms with E-state index in [0.717, 1.165) is 25.7 Å². The molecule has 0 spiro atoms. The van der Waals surface area contributed by atoms with Crippen molar-refractivity contribution < 1.29 is 24.5 Å². The number of aromatic hydroxyl groups is 2. The second kappa shape index (κ2) is 10.1. The van der Waals surface area contributed by atoms with E-state index in [1.165, 1.54) is 50.3 Å². The van der Waals surface area contributed by atoms with E-state index in [1.807, 2.05) is 0 Å². The number of esters is 1. The summed E-state index contributed by atoms with van der Waals surface area (Å²) in [5, 5.41) is 19.3. The molecule has 0 heterocycles. The zero-order valence-corrected chi connectivity index (χ0v) is 28.5. The van der Waals surface area contributed by atoms with E-state index in [0.29, 0.717) is 40.4 Å². The van der Waals surface area contributed by atoms with Gasteiger partial charge in [0.1, 0.15) is 11.9 Å². The summed E-state index contributed by atoms with van der Waals surface area (Å²) in [6.45, 7) is 19.6. The Hall–Kier alpha value is -2.30. The first-order valence-corrected chi connectivity index (χ1v) is 17.3. The van der Waals surface area contributed by atoms with Crippen molar-refractivity contribution in [1.29, 1.82) is 0 Å². The first-order valence-electron chi connectivity index (χ1n) is 17.3. The molecule has 1 aromatic carbocycles. The number of hydrogen-bond acceptors (Lipinski definition) is 5. The van der Waals surface area contributed by atoms with Gasteiger partial charge in [0.2, 0.25) is 0 Å². The molecule has 5 heteroatoms. The van der Waals surface area contributed by atoms with Crippen LogP contribution in [0.2, 0.25) is 0 Å². The molecule has 242 valence electrons. The molecule has 1 aromatic rings. The van der Waals surface area contributed by atoms with Gasteiger partial charge < -0.3 is 14.9 Å². The van der Waals surface area contributed by atoms with E-state index in [9.17, 15) is 19.8 Å². The number of ether oxygens (including phenoxy) is 1. The van der Waals surface area contributed by atoms with Crippen molar-refractivity contribution in [3.05, 3.63) is 29.8 Å². The van der Waals surface area contributed by atoms with Gasteiger partial charge in [0.25, 0.3) is 0 Å². The molecule has 10 atom stereocenters. The summed E-state index contributed by atoms with van der Waals surface area (Å²) in [4.78, 5) is 27.6. The molecule has 5 nitrogen and oxygen atoms in total. The Bertz CT molecular complexity index is 1380. The minimum absolute atomic E-state index is 0.00994. The van der Waals surface area contributed by atoms with Gasteiger partial charge >= 0.3 is 5.97 Å². The predicted octanol–water partition coefficient (Wildman–Crippen LogP) is 9.10. The number of Topliss-reactive ketones (excluding diaryl/α,β-unsaturated/α-hetero) is 1. The molecule has 10 unspecified atom stereocenters. The summed E-state index contributed by atoms with van der Waals surface area (Å²) in [5.41, 5.74) is 1.29. The molecular formula is C39H56O5. The lowest BCUT2D eigenvalue weighted by Gasteiger charge is -2.74. The molecule has 0 amide bonds. The van der Waals surface area contributed by atoms with E-state index >= 15 is 0 Å². The third kappa shape index (κ3) is 4.52. The first-order chi connectivity index (χ1) is 20.4. The first kappa shape index (κ1) is 31.7. The molecule has 0 saturated heterocycles. The number of carbonyl (C=O) groups is 2. The zero-order valence-electron chi connectivity index (χ0n) is 28.5. The molecular weight excluding hydrogens is 548 g/mol. The highest BCUT2D eigenvalue weighted by Crippen LogP contribution is 2.77. The maximum Gasteiger partial charge on any atom is 0.331 e. The molecule has 0 bridgehead atoms. The standard InChI is InChI=1S/C39H56O5/c1-24-29(44-32(43)14-10-25-9-11-26(40)27(41)21-25)12-13-30-36(5)18-20-38(7)31-23-34(2,3)15-16-35(31,4)17-19-39(38,8)33(36)28(42)22-37(24,30)6/h9-11,14,21,24,29-31,33,40-41H,12-13,15-20,22-23H2,1-8H3. The van der Waals surface area contributed by atoms with Crippen LogP contribution in [0.4, 0.5) is 0 Å². The third-order valence-electron chi connectivity index (χ3n) is 15.2. The maximum atomic E-state index is 14.7. The molecule has 6 rings (SSSR count). The van der Waals surface area contributed by atoms with Gasteiger partial charge in [-0.25, -0.2) is 4.79 Å². The Labute approximate surface area is 265 Å². The molecule has 44 heavy (non-hydrogen) atoms. The summed E-state index contributed by atoms with van der Waals surface area (Å²) in [5.74, 6) is 0.888. The summed E-state index contributed by atoms with van der Waals surface area (Å²) in [6, 6.07) is 4.45. The number of phenols is 2. The van der Waals surface area contributed by atoms with Crippen LogP contribution < -0.4 is 0 Å². The van der Waals surface area contributed by atoms with E-state index in [1.54, 1.807) is 12.1 Å². The van der Waals surface area contributed by atoms with Crippen molar-refractivity contribution >= 4 is 17.8 Å². The Balaban J connectivity index is 1.24. The molecule has 5 saturated carbocycles. The fourth-order valence-electron chi connectivity index (χ4n) is 12.3. The molecule has 0 aliphatic heterocycles. The topological polar surface area (TPSA) is 83.8 Å². The lowest BCUT2D eigenvalue weighted by atomic mass is 9.30. The molecule has 2 N–H and O–H groups in total. The van der Waals surface area contributed by atoms with Gasteiger partial charge in [0.15, 0.2) is 11.5 Å². The number of hydrogen-bond donors (Lipinski definition) is 2. The lowest BCUT2D eigenvalue weighted by molar-refractivity contribution is -0.252. The van der Waals surface area contributed by atoms with Crippen molar-refractivity contribution in [2.45, 2.75) is 126 Å². The number of rotatable bonds is 3. The van der Waals surface area contributed by atoms with Crippen molar-refractivity contribution in [2.24, 2.45) is 56.2 Å². The van der Waals surface area contributed by atoms with Gasteiger partial charge in [-0.2, -0.15) is 0 Å². The van der Waals surface area contributed by atoms with Crippen LogP contribution in [0.1, 0.15) is 125 Å². The lowest BCUT2D eigenvalue weighted by Crippen LogP contribution is -2.70. The monoisotopic (exact) mass is 604 g/mol.